The molecule has 1 N–H and O–H groups in total. The molecule has 0 aliphatic carbocycles. The molecule has 0 radical (unpaired) electrons. The second-order valence-corrected chi connectivity index (χ2v) is 5.78. The van der Waals surface area contributed by atoms with Crippen molar-refractivity contribution in [2.24, 2.45) is 0 Å². The van der Waals surface area contributed by atoms with Crippen molar-refractivity contribution >= 4 is 27.7 Å². The Hall–Kier alpha value is -1.34. The number of ether oxygens (including phenoxy) is 3. The van der Waals surface area contributed by atoms with Crippen molar-refractivity contribution in [2.75, 3.05) is 25.6 Å². The molecule has 0 aromatic carbocycles. The molecule has 0 atom stereocenters. The van der Waals surface area contributed by atoms with Gasteiger partial charge in [0, 0.05) is 7.11 Å². The number of carbonyl (C=O) groups excluding carboxylic acids is 1. The zero-order valence-corrected chi connectivity index (χ0v) is 13.6. The van der Waals surface area contributed by atoms with Crippen molar-refractivity contribution in [3.63, 3.8) is 0 Å². The first-order valence-electron chi connectivity index (χ1n) is 6.09. The van der Waals surface area contributed by atoms with Crippen LogP contribution in [0.3, 0.4) is 0 Å². The van der Waals surface area contributed by atoms with E-state index in [1.165, 1.54) is 6.20 Å². The Morgan fingerprint density at radius 3 is 2.70 bits per heavy atom. The number of carbonyl (C=O) groups is 1. The molecule has 1 aromatic rings. The average molecular weight is 347 g/mol. The van der Waals surface area contributed by atoms with E-state index in [1.54, 1.807) is 33.9 Å². The lowest BCUT2D eigenvalue weighted by Gasteiger charge is -2.20. The lowest BCUT2D eigenvalue weighted by atomic mass is 10.2. The predicted molar refractivity (Wildman–Crippen MR) is 79.2 cm³/mol. The van der Waals surface area contributed by atoms with Gasteiger partial charge < -0.3 is 14.2 Å². The van der Waals surface area contributed by atoms with Crippen molar-refractivity contribution in [3.05, 3.63) is 16.9 Å². The minimum absolute atomic E-state index is 0.364. The predicted octanol–water partition coefficient (Wildman–Crippen LogP) is 3.22. The van der Waals surface area contributed by atoms with Crippen LogP contribution in [-0.2, 0) is 9.47 Å². The van der Waals surface area contributed by atoms with Crippen molar-refractivity contribution in [3.8, 4) is 5.75 Å². The molecule has 0 spiro atoms. The molecule has 112 valence electrons. The lowest BCUT2D eigenvalue weighted by Crippen LogP contribution is -2.27. The minimum Gasteiger partial charge on any atom is -0.487 e. The van der Waals surface area contributed by atoms with Gasteiger partial charge in [0.2, 0.25) is 0 Å². The summed E-state index contributed by atoms with van der Waals surface area (Å²) in [4.78, 5) is 15.8. The maximum absolute atomic E-state index is 11.8. The van der Waals surface area contributed by atoms with E-state index in [-0.39, 0.29) is 0 Å². The molecule has 0 bridgehead atoms. The number of hydrogen-bond donors (Lipinski definition) is 1. The average Bonchev–Trinajstić information content (AvgIpc) is 2.29. The molecule has 7 heteroatoms. The van der Waals surface area contributed by atoms with Crippen LogP contribution in [0.5, 0.6) is 5.75 Å². The number of hydrogen-bond acceptors (Lipinski definition) is 5. The molecule has 1 rings (SSSR count). The number of halogens is 1. The summed E-state index contributed by atoms with van der Waals surface area (Å²) in [5, 5.41) is 2.64. The van der Waals surface area contributed by atoms with E-state index < -0.39 is 11.7 Å². The van der Waals surface area contributed by atoms with Gasteiger partial charge in [-0.25, -0.2) is 9.78 Å². The third-order valence-corrected chi connectivity index (χ3v) is 2.45. The van der Waals surface area contributed by atoms with Crippen LogP contribution in [0.4, 0.5) is 10.5 Å². The van der Waals surface area contributed by atoms with Crippen LogP contribution in [0.25, 0.3) is 0 Å². The second kappa shape index (κ2) is 7.44. The molecule has 0 unspecified atom stereocenters. The van der Waals surface area contributed by atoms with Gasteiger partial charge in [-0.15, -0.1) is 0 Å². The molecular formula is C13H19BrN2O4. The van der Waals surface area contributed by atoms with Gasteiger partial charge in [0.25, 0.3) is 0 Å². The van der Waals surface area contributed by atoms with Gasteiger partial charge in [-0.3, -0.25) is 5.32 Å². The van der Waals surface area contributed by atoms with Crippen molar-refractivity contribution < 1.29 is 19.0 Å². The molecule has 20 heavy (non-hydrogen) atoms. The Kier molecular flexibility index (Phi) is 6.22. The SMILES string of the molecule is COCCOc1cnc(Br)cc1NC(=O)OC(C)(C)C. The molecular weight excluding hydrogens is 328 g/mol. The van der Waals surface area contributed by atoms with Crippen molar-refractivity contribution in [1.29, 1.82) is 0 Å². The van der Waals surface area contributed by atoms with Crippen LogP contribution in [-0.4, -0.2) is 37.0 Å². The molecule has 1 aromatic heterocycles. The summed E-state index contributed by atoms with van der Waals surface area (Å²) < 4.78 is 16.2. The maximum Gasteiger partial charge on any atom is 0.412 e. The highest BCUT2D eigenvalue weighted by Gasteiger charge is 2.18. The first-order valence-corrected chi connectivity index (χ1v) is 6.88. The Labute approximate surface area is 126 Å². The van der Waals surface area contributed by atoms with Crippen LogP contribution in [0.2, 0.25) is 0 Å². The zero-order chi connectivity index (χ0) is 15.2. The molecule has 1 heterocycles. The molecule has 0 saturated carbocycles. The summed E-state index contributed by atoms with van der Waals surface area (Å²) in [7, 11) is 1.59. The number of rotatable bonds is 5. The Morgan fingerprint density at radius 1 is 1.40 bits per heavy atom. The second-order valence-electron chi connectivity index (χ2n) is 4.97. The van der Waals surface area contributed by atoms with Gasteiger partial charge in [0.1, 0.15) is 16.8 Å². The summed E-state index contributed by atoms with van der Waals surface area (Å²) in [6, 6.07) is 1.64. The van der Waals surface area contributed by atoms with Crippen LogP contribution < -0.4 is 10.1 Å². The fraction of sp³-hybridized carbons (Fsp3) is 0.538. The van der Waals surface area contributed by atoms with Crippen LogP contribution >= 0.6 is 15.9 Å². The Morgan fingerprint density at radius 2 is 2.10 bits per heavy atom. The Bertz CT molecular complexity index is 460. The van der Waals surface area contributed by atoms with E-state index in [0.717, 1.165) is 0 Å². The Balaban J connectivity index is 2.76. The number of aromatic nitrogens is 1. The van der Waals surface area contributed by atoms with E-state index in [9.17, 15) is 4.79 Å². The topological polar surface area (TPSA) is 69.7 Å². The van der Waals surface area contributed by atoms with E-state index >= 15 is 0 Å². The fourth-order valence-corrected chi connectivity index (χ4v) is 1.61. The van der Waals surface area contributed by atoms with Gasteiger partial charge in [-0.1, -0.05) is 0 Å². The molecule has 6 nitrogen and oxygen atoms in total. The number of anilines is 1. The van der Waals surface area contributed by atoms with Gasteiger partial charge >= 0.3 is 6.09 Å². The fourth-order valence-electron chi connectivity index (χ4n) is 1.28. The van der Waals surface area contributed by atoms with Crippen LogP contribution in [0, 0.1) is 0 Å². The standard InChI is InChI=1S/C13H19BrN2O4/c1-13(2,3)20-12(17)16-9-7-11(14)15-8-10(9)19-6-5-18-4/h7-8H,5-6H2,1-4H3,(H,15,16,17). The number of pyridine rings is 1. The van der Waals surface area contributed by atoms with E-state index in [0.29, 0.717) is 29.3 Å². The van der Waals surface area contributed by atoms with Crippen LogP contribution in [0.15, 0.2) is 16.9 Å². The number of amides is 1. The molecule has 0 aliphatic heterocycles. The maximum atomic E-state index is 11.8. The van der Waals surface area contributed by atoms with Crippen molar-refractivity contribution in [2.45, 2.75) is 26.4 Å². The van der Waals surface area contributed by atoms with Crippen LogP contribution in [0.1, 0.15) is 20.8 Å². The summed E-state index contributed by atoms with van der Waals surface area (Å²) in [5.74, 6) is 0.455. The lowest BCUT2D eigenvalue weighted by molar-refractivity contribution is 0.0635. The third-order valence-electron chi connectivity index (χ3n) is 2.01. The summed E-state index contributed by atoms with van der Waals surface area (Å²) in [6.07, 6.45) is 0.971. The highest BCUT2D eigenvalue weighted by atomic mass is 79.9. The van der Waals surface area contributed by atoms with Crippen molar-refractivity contribution in [1.82, 2.24) is 4.98 Å². The quantitative estimate of drug-likeness (QED) is 0.654. The zero-order valence-electron chi connectivity index (χ0n) is 12.0. The van der Waals surface area contributed by atoms with Gasteiger partial charge in [-0.2, -0.15) is 0 Å². The first kappa shape index (κ1) is 16.7. The molecule has 1 amide bonds. The normalized spacial score (nSPS) is 11.1. The largest absolute Gasteiger partial charge is 0.487 e. The summed E-state index contributed by atoms with van der Waals surface area (Å²) >= 11 is 3.25. The first-order chi connectivity index (χ1) is 9.31. The smallest absolute Gasteiger partial charge is 0.412 e. The van der Waals surface area contributed by atoms with E-state index in [4.69, 9.17) is 14.2 Å². The number of nitrogens with zero attached hydrogens (tertiary/aromatic N) is 1. The number of nitrogens with one attached hydrogen (secondary N) is 1. The number of methoxy groups -OCH3 is 1. The van der Waals surface area contributed by atoms with Gasteiger partial charge in [0.15, 0.2) is 5.75 Å². The summed E-state index contributed by atoms with van der Waals surface area (Å²) in [6.45, 7) is 6.20. The van der Waals surface area contributed by atoms with Gasteiger partial charge in [-0.05, 0) is 42.8 Å². The van der Waals surface area contributed by atoms with Gasteiger partial charge in [0.05, 0.1) is 18.5 Å². The molecule has 0 saturated heterocycles. The van der Waals surface area contributed by atoms with E-state index in [1.807, 2.05) is 0 Å². The molecule has 0 fully saturated rings. The summed E-state index contributed by atoms with van der Waals surface area (Å²) in [5.41, 5.74) is -0.0805. The molecule has 0 aliphatic rings. The monoisotopic (exact) mass is 346 g/mol. The highest BCUT2D eigenvalue weighted by Crippen LogP contribution is 2.26. The highest BCUT2D eigenvalue weighted by molar-refractivity contribution is 9.10. The van der Waals surface area contributed by atoms with E-state index in [2.05, 4.69) is 26.2 Å². The third kappa shape index (κ3) is 6.21. The minimum atomic E-state index is -0.564.